The maximum absolute atomic E-state index is 5.96. The number of nitrogens with one attached hydrogen (secondary N) is 1. The highest BCUT2D eigenvalue weighted by Crippen LogP contribution is 2.39. The van der Waals surface area contributed by atoms with Gasteiger partial charge >= 0.3 is 0 Å². The van der Waals surface area contributed by atoms with Crippen LogP contribution in [0, 0.1) is 0 Å². The molecule has 1 fully saturated rings. The predicted molar refractivity (Wildman–Crippen MR) is 77.8 cm³/mol. The van der Waals surface area contributed by atoms with Gasteiger partial charge in [0.25, 0.3) is 0 Å². The third-order valence-corrected chi connectivity index (χ3v) is 4.43. The lowest BCUT2D eigenvalue weighted by atomic mass is 9.84. The fourth-order valence-corrected chi connectivity index (χ4v) is 3.32. The Bertz CT molecular complexity index is 398. The van der Waals surface area contributed by atoms with Crippen LogP contribution in [0.4, 0.5) is 0 Å². The molecule has 0 spiro atoms. The highest BCUT2D eigenvalue weighted by molar-refractivity contribution is 5.11. The van der Waals surface area contributed by atoms with E-state index in [0.29, 0.717) is 0 Å². The van der Waals surface area contributed by atoms with Crippen LogP contribution in [0.1, 0.15) is 63.6 Å². The lowest BCUT2D eigenvalue weighted by Gasteiger charge is -2.38. The SMILES string of the molecule is CCCn1nncc1C(NN)C1(OC)CCCCCC1. The second-order valence-corrected chi connectivity index (χ2v) is 5.66. The number of hydrogen-bond donors (Lipinski definition) is 2. The number of methoxy groups -OCH3 is 1. The molecule has 1 aromatic rings. The molecular weight excluding hydrogens is 254 g/mol. The van der Waals surface area contributed by atoms with E-state index in [1.54, 1.807) is 7.11 Å². The van der Waals surface area contributed by atoms with Crippen molar-refractivity contribution in [3.8, 4) is 0 Å². The van der Waals surface area contributed by atoms with Crippen molar-refractivity contribution in [1.82, 2.24) is 20.4 Å². The molecule has 0 aromatic carbocycles. The Kier molecular flexibility index (Phi) is 5.51. The van der Waals surface area contributed by atoms with Crippen LogP contribution in [0.3, 0.4) is 0 Å². The summed E-state index contributed by atoms with van der Waals surface area (Å²) in [5.74, 6) is 5.87. The first kappa shape index (κ1) is 15.4. The van der Waals surface area contributed by atoms with Gasteiger partial charge < -0.3 is 4.74 Å². The van der Waals surface area contributed by atoms with Crippen LogP contribution in [-0.4, -0.2) is 27.7 Å². The van der Waals surface area contributed by atoms with Crippen molar-refractivity contribution in [2.24, 2.45) is 5.84 Å². The van der Waals surface area contributed by atoms with E-state index < -0.39 is 0 Å². The number of ether oxygens (including phenoxy) is 1. The van der Waals surface area contributed by atoms with Crippen molar-refractivity contribution in [3.63, 3.8) is 0 Å². The van der Waals surface area contributed by atoms with E-state index in [0.717, 1.165) is 31.5 Å². The molecule has 0 amide bonds. The van der Waals surface area contributed by atoms with E-state index in [2.05, 4.69) is 22.7 Å². The quantitative estimate of drug-likeness (QED) is 0.473. The van der Waals surface area contributed by atoms with Gasteiger partial charge in [-0.05, 0) is 19.3 Å². The summed E-state index contributed by atoms with van der Waals surface area (Å²) in [6.07, 6.45) is 9.79. The molecule has 3 N–H and O–H groups in total. The molecule has 6 nitrogen and oxygen atoms in total. The maximum atomic E-state index is 5.96. The predicted octanol–water partition coefficient (Wildman–Crippen LogP) is 1.93. The van der Waals surface area contributed by atoms with Crippen LogP contribution < -0.4 is 11.3 Å². The normalized spacial score (nSPS) is 20.6. The summed E-state index contributed by atoms with van der Waals surface area (Å²) in [6.45, 7) is 2.99. The van der Waals surface area contributed by atoms with Gasteiger partial charge in [0.2, 0.25) is 0 Å². The zero-order chi connectivity index (χ0) is 14.4. The topological polar surface area (TPSA) is 78.0 Å². The number of aryl methyl sites for hydroxylation is 1. The Labute approximate surface area is 121 Å². The van der Waals surface area contributed by atoms with Gasteiger partial charge in [0.05, 0.1) is 23.5 Å². The molecule has 114 valence electrons. The van der Waals surface area contributed by atoms with Crippen molar-refractivity contribution < 1.29 is 4.74 Å². The largest absolute Gasteiger partial charge is 0.376 e. The van der Waals surface area contributed by atoms with Crippen LogP contribution in [0.25, 0.3) is 0 Å². The van der Waals surface area contributed by atoms with Gasteiger partial charge in [-0.3, -0.25) is 5.84 Å². The average Bonchev–Trinajstić information content (AvgIpc) is 2.77. The molecule has 6 heteroatoms. The van der Waals surface area contributed by atoms with Crippen molar-refractivity contribution in [1.29, 1.82) is 0 Å². The molecule has 20 heavy (non-hydrogen) atoms. The number of nitrogens with zero attached hydrogens (tertiary/aromatic N) is 3. The van der Waals surface area contributed by atoms with Gasteiger partial charge in [0, 0.05) is 13.7 Å². The molecular formula is C14H27N5O. The van der Waals surface area contributed by atoms with E-state index in [-0.39, 0.29) is 11.6 Å². The molecule has 1 saturated carbocycles. The Morgan fingerprint density at radius 1 is 1.40 bits per heavy atom. The van der Waals surface area contributed by atoms with Crippen molar-refractivity contribution in [3.05, 3.63) is 11.9 Å². The summed E-state index contributed by atoms with van der Waals surface area (Å²) in [7, 11) is 1.80. The minimum Gasteiger partial charge on any atom is -0.376 e. The van der Waals surface area contributed by atoms with Gasteiger partial charge in [0.15, 0.2) is 0 Å². The Morgan fingerprint density at radius 2 is 2.10 bits per heavy atom. The van der Waals surface area contributed by atoms with Crippen LogP contribution in [0.5, 0.6) is 0 Å². The summed E-state index contributed by atoms with van der Waals surface area (Å²) in [5, 5.41) is 8.23. The first-order valence-electron chi connectivity index (χ1n) is 7.67. The fraction of sp³-hybridized carbons (Fsp3) is 0.857. The summed E-state index contributed by atoms with van der Waals surface area (Å²) in [5.41, 5.74) is 3.74. The van der Waals surface area contributed by atoms with Gasteiger partial charge in [-0.25, -0.2) is 10.1 Å². The molecule has 2 rings (SSSR count). The lowest BCUT2D eigenvalue weighted by molar-refractivity contribution is -0.0562. The molecule has 1 aliphatic carbocycles. The minimum absolute atomic E-state index is 0.0628. The molecule has 0 bridgehead atoms. The van der Waals surface area contributed by atoms with E-state index in [9.17, 15) is 0 Å². The fourth-order valence-electron chi connectivity index (χ4n) is 3.32. The van der Waals surface area contributed by atoms with Gasteiger partial charge in [0.1, 0.15) is 0 Å². The zero-order valence-electron chi connectivity index (χ0n) is 12.6. The average molecular weight is 281 g/mol. The molecule has 1 aromatic heterocycles. The van der Waals surface area contributed by atoms with Crippen molar-refractivity contribution >= 4 is 0 Å². The number of hydrazine groups is 1. The maximum Gasteiger partial charge on any atom is 0.0934 e. The molecule has 1 heterocycles. The standard InChI is InChI=1S/C14H27N5O/c1-3-10-19-12(11-16-18-19)13(17-15)14(20-2)8-6-4-5-7-9-14/h11,13,17H,3-10,15H2,1-2H3. The Balaban J connectivity index is 2.30. The van der Waals surface area contributed by atoms with Crippen LogP contribution in [0.15, 0.2) is 6.20 Å². The summed E-state index contributed by atoms with van der Waals surface area (Å²) in [6, 6.07) is -0.0628. The third kappa shape index (κ3) is 3.02. The molecule has 1 aliphatic rings. The lowest BCUT2D eigenvalue weighted by Crippen LogP contribution is -2.48. The first-order chi connectivity index (χ1) is 9.77. The number of rotatable bonds is 6. The summed E-state index contributed by atoms with van der Waals surface area (Å²) >= 11 is 0. The van der Waals surface area contributed by atoms with Gasteiger partial charge in [-0.15, -0.1) is 5.10 Å². The van der Waals surface area contributed by atoms with E-state index >= 15 is 0 Å². The zero-order valence-corrected chi connectivity index (χ0v) is 12.6. The number of aromatic nitrogens is 3. The Morgan fingerprint density at radius 3 is 2.65 bits per heavy atom. The first-order valence-corrected chi connectivity index (χ1v) is 7.67. The molecule has 0 aliphatic heterocycles. The van der Waals surface area contributed by atoms with E-state index in [1.165, 1.54) is 25.7 Å². The van der Waals surface area contributed by atoms with Gasteiger partial charge in [-0.2, -0.15) is 0 Å². The third-order valence-electron chi connectivity index (χ3n) is 4.43. The molecule has 0 saturated heterocycles. The van der Waals surface area contributed by atoms with Gasteiger partial charge in [-0.1, -0.05) is 37.8 Å². The number of nitrogens with two attached hydrogens (primary N) is 1. The summed E-state index contributed by atoms with van der Waals surface area (Å²) in [4.78, 5) is 0. The molecule has 1 unspecified atom stereocenters. The Hall–Kier alpha value is -0.980. The second-order valence-electron chi connectivity index (χ2n) is 5.66. The smallest absolute Gasteiger partial charge is 0.0934 e. The van der Waals surface area contributed by atoms with E-state index in [4.69, 9.17) is 10.6 Å². The number of hydrogen-bond acceptors (Lipinski definition) is 5. The highest BCUT2D eigenvalue weighted by atomic mass is 16.5. The monoisotopic (exact) mass is 281 g/mol. The minimum atomic E-state index is -0.252. The second kappa shape index (κ2) is 7.15. The highest BCUT2D eigenvalue weighted by Gasteiger charge is 2.41. The molecule has 1 atom stereocenters. The van der Waals surface area contributed by atoms with Crippen LogP contribution in [0.2, 0.25) is 0 Å². The van der Waals surface area contributed by atoms with E-state index in [1.807, 2.05) is 10.9 Å². The van der Waals surface area contributed by atoms with Crippen molar-refractivity contribution in [2.45, 2.75) is 70.1 Å². The summed E-state index contributed by atoms with van der Waals surface area (Å²) < 4.78 is 7.90. The van der Waals surface area contributed by atoms with Crippen LogP contribution in [-0.2, 0) is 11.3 Å². The van der Waals surface area contributed by atoms with Crippen molar-refractivity contribution in [2.75, 3.05) is 7.11 Å². The molecule has 0 radical (unpaired) electrons. The van der Waals surface area contributed by atoms with Crippen LogP contribution >= 0.6 is 0 Å².